The molecule has 2 rings (SSSR count). The van der Waals surface area contributed by atoms with Crippen molar-refractivity contribution in [2.24, 2.45) is 17.2 Å². The Hall–Kier alpha value is -1.97. The maximum absolute atomic E-state index is 11.9. The molecule has 1 aromatic rings. The molecule has 0 spiro atoms. The molecule has 0 aliphatic heterocycles. The summed E-state index contributed by atoms with van der Waals surface area (Å²) in [6.45, 7) is -0.00463. The molecule has 0 aromatic heterocycles. The number of aldehydes is 1. The largest absolute Gasteiger partial charge is 0.480 e. The highest BCUT2D eigenvalue weighted by atomic mass is 19.4. The van der Waals surface area contributed by atoms with E-state index in [1.54, 1.807) is 0 Å². The predicted octanol–water partition coefficient (Wildman–Crippen LogP) is 2.15. The van der Waals surface area contributed by atoms with Gasteiger partial charge >= 0.3 is 12.1 Å². The van der Waals surface area contributed by atoms with Crippen molar-refractivity contribution in [2.75, 3.05) is 6.54 Å². The lowest BCUT2D eigenvalue weighted by Crippen LogP contribution is -2.37. The summed E-state index contributed by atoms with van der Waals surface area (Å²) < 4.78 is 35.8. The van der Waals surface area contributed by atoms with Crippen molar-refractivity contribution in [3.8, 4) is 0 Å². The highest BCUT2D eigenvalue weighted by Gasteiger charge is 2.29. The lowest BCUT2D eigenvalue weighted by Gasteiger charge is -2.15. The van der Waals surface area contributed by atoms with Crippen LogP contribution in [0.4, 0.5) is 13.2 Å². The number of rotatable bonds is 3. The van der Waals surface area contributed by atoms with Gasteiger partial charge < -0.3 is 22.3 Å². The number of hydrogen-bond acceptors (Lipinski definition) is 5. The van der Waals surface area contributed by atoms with Crippen LogP contribution in [0.15, 0.2) is 24.3 Å². The SMILES string of the molecule is NC1CCCCC1.NCC(N)C(=O)O.O=Cc1ccc(C(F)(F)F)cc1. The number of carboxylic acid groups (broad SMARTS) is 1. The second-order valence-electron chi connectivity index (χ2n) is 5.82. The zero-order valence-corrected chi connectivity index (χ0v) is 14.4. The van der Waals surface area contributed by atoms with Crippen LogP contribution >= 0.6 is 0 Å². The van der Waals surface area contributed by atoms with E-state index in [0.29, 0.717) is 12.3 Å². The van der Waals surface area contributed by atoms with E-state index >= 15 is 0 Å². The van der Waals surface area contributed by atoms with Gasteiger partial charge in [0.05, 0.1) is 5.56 Å². The number of benzene rings is 1. The van der Waals surface area contributed by atoms with Crippen LogP contribution in [0, 0.1) is 0 Å². The van der Waals surface area contributed by atoms with E-state index in [1.807, 2.05) is 0 Å². The van der Waals surface area contributed by atoms with Crippen LogP contribution in [0.2, 0.25) is 0 Å². The molecule has 1 aliphatic carbocycles. The molecule has 0 saturated heterocycles. The highest BCUT2D eigenvalue weighted by molar-refractivity contribution is 5.74. The molecule has 0 amide bonds. The van der Waals surface area contributed by atoms with E-state index in [1.165, 1.54) is 32.1 Å². The predicted molar refractivity (Wildman–Crippen MR) is 92.6 cm³/mol. The van der Waals surface area contributed by atoms with Gasteiger partial charge in [-0.15, -0.1) is 0 Å². The minimum Gasteiger partial charge on any atom is -0.480 e. The molecule has 1 atom stereocenters. The molecule has 0 bridgehead atoms. The maximum Gasteiger partial charge on any atom is 0.416 e. The summed E-state index contributed by atoms with van der Waals surface area (Å²) in [6, 6.07) is 3.66. The molecule has 9 heteroatoms. The van der Waals surface area contributed by atoms with Crippen molar-refractivity contribution < 1.29 is 27.9 Å². The summed E-state index contributed by atoms with van der Waals surface area (Å²) in [6.07, 6.45) is 2.83. The highest BCUT2D eigenvalue weighted by Crippen LogP contribution is 2.28. The number of nitrogens with two attached hydrogens (primary N) is 3. The summed E-state index contributed by atoms with van der Waals surface area (Å²) in [5.74, 6) is -1.05. The first-order valence-corrected chi connectivity index (χ1v) is 8.18. The molecular weight excluding hydrogens is 351 g/mol. The fraction of sp³-hybridized carbons (Fsp3) is 0.529. The number of carboxylic acids is 1. The zero-order chi connectivity index (χ0) is 20.2. The average molecular weight is 377 g/mol. The van der Waals surface area contributed by atoms with Crippen molar-refractivity contribution >= 4 is 12.3 Å². The molecule has 7 N–H and O–H groups in total. The molecule has 1 fully saturated rings. The summed E-state index contributed by atoms with van der Waals surface area (Å²) in [7, 11) is 0. The second-order valence-corrected chi connectivity index (χ2v) is 5.82. The maximum atomic E-state index is 11.9. The van der Waals surface area contributed by atoms with Crippen LogP contribution < -0.4 is 17.2 Å². The van der Waals surface area contributed by atoms with Crippen molar-refractivity contribution in [2.45, 2.75) is 50.4 Å². The lowest BCUT2D eigenvalue weighted by molar-refractivity contribution is -0.138. The van der Waals surface area contributed by atoms with Crippen LogP contribution in [-0.4, -0.2) is 36.0 Å². The van der Waals surface area contributed by atoms with Gasteiger partial charge in [-0.3, -0.25) is 9.59 Å². The van der Waals surface area contributed by atoms with E-state index in [-0.39, 0.29) is 12.1 Å². The second kappa shape index (κ2) is 12.4. The molecule has 0 heterocycles. The van der Waals surface area contributed by atoms with E-state index in [4.69, 9.17) is 22.3 Å². The molecule has 148 valence electrons. The first-order valence-electron chi connectivity index (χ1n) is 8.18. The van der Waals surface area contributed by atoms with Crippen LogP contribution in [0.25, 0.3) is 0 Å². The first-order chi connectivity index (χ1) is 12.1. The summed E-state index contributed by atoms with van der Waals surface area (Å²) in [5, 5.41) is 7.98. The van der Waals surface area contributed by atoms with E-state index < -0.39 is 23.8 Å². The average Bonchev–Trinajstić information content (AvgIpc) is 2.62. The Kier molecular flexibility index (Phi) is 11.5. The minimum atomic E-state index is -4.33. The number of carbonyl (C=O) groups excluding carboxylic acids is 1. The van der Waals surface area contributed by atoms with Crippen molar-refractivity contribution in [1.82, 2.24) is 0 Å². The normalized spacial score (nSPS) is 15.6. The Labute approximate surface area is 150 Å². The summed E-state index contributed by atoms with van der Waals surface area (Å²) in [4.78, 5) is 19.8. The molecule has 1 aromatic carbocycles. The summed E-state index contributed by atoms with van der Waals surface area (Å²) >= 11 is 0. The topological polar surface area (TPSA) is 132 Å². The van der Waals surface area contributed by atoms with Gasteiger partial charge in [-0.05, 0) is 25.0 Å². The Morgan fingerprint density at radius 3 is 1.92 bits per heavy atom. The first kappa shape index (κ1) is 24.0. The van der Waals surface area contributed by atoms with Gasteiger partial charge in [0.1, 0.15) is 12.3 Å². The molecule has 1 saturated carbocycles. The third kappa shape index (κ3) is 10.8. The van der Waals surface area contributed by atoms with Crippen LogP contribution in [0.1, 0.15) is 48.0 Å². The van der Waals surface area contributed by atoms with E-state index in [0.717, 1.165) is 24.3 Å². The van der Waals surface area contributed by atoms with Gasteiger partial charge in [-0.1, -0.05) is 31.4 Å². The van der Waals surface area contributed by atoms with Gasteiger partial charge in [-0.25, -0.2) is 0 Å². The Morgan fingerprint density at radius 2 is 1.69 bits per heavy atom. The van der Waals surface area contributed by atoms with Crippen molar-refractivity contribution in [1.29, 1.82) is 0 Å². The fourth-order valence-corrected chi connectivity index (χ4v) is 1.99. The lowest BCUT2D eigenvalue weighted by atomic mass is 9.97. The third-order valence-corrected chi connectivity index (χ3v) is 3.60. The number of aliphatic carboxylic acids is 1. The Bertz CT molecular complexity index is 530. The molecule has 1 unspecified atom stereocenters. The zero-order valence-electron chi connectivity index (χ0n) is 14.4. The van der Waals surface area contributed by atoms with E-state index in [2.05, 4.69) is 0 Å². The fourth-order valence-electron chi connectivity index (χ4n) is 1.99. The molecule has 0 radical (unpaired) electrons. The number of hydrogen-bond donors (Lipinski definition) is 4. The van der Waals surface area contributed by atoms with E-state index in [9.17, 15) is 22.8 Å². The summed E-state index contributed by atoms with van der Waals surface area (Å²) in [5.41, 5.74) is 14.9. The van der Waals surface area contributed by atoms with Crippen molar-refractivity contribution in [3.63, 3.8) is 0 Å². The van der Waals surface area contributed by atoms with Crippen LogP contribution in [0.5, 0.6) is 0 Å². The van der Waals surface area contributed by atoms with Gasteiger partial charge in [0.15, 0.2) is 0 Å². The number of alkyl halides is 3. The monoisotopic (exact) mass is 377 g/mol. The standard InChI is InChI=1S/C8H5F3O.C6H13N.C3H8N2O2/c9-8(10,11)7-3-1-6(5-12)2-4-7;7-6-4-2-1-3-5-6;4-1-2(5)3(6)7/h1-5H;6H,1-5,7H2;2H,1,4-5H2,(H,6,7). The number of halogens is 3. The van der Waals surface area contributed by atoms with Crippen molar-refractivity contribution in [3.05, 3.63) is 35.4 Å². The third-order valence-electron chi connectivity index (χ3n) is 3.60. The van der Waals surface area contributed by atoms with Gasteiger partial charge in [0.2, 0.25) is 0 Å². The number of carbonyl (C=O) groups is 2. The van der Waals surface area contributed by atoms with Crippen LogP contribution in [-0.2, 0) is 11.0 Å². The minimum absolute atomic E-state index is 0.00463. The van der Waals surface area contributed by atoms with Crippen LogP contribution in [0.3, 0.4) is 0 Å². The Morgan fingerprint density at radius 1 is 1.19 bits per heavy atom. The molecule has 6 nitrogen and oxygen atoms in total. The molecule has 26 heavy (non-hydrogen) atoms. The van der Waals surface area contributed by atoms with Gasteiger partial charge in [0, 0.05) is 18.2 Å². The molecular formula is C17H26F3N3O3. The van der Waals surface area contributed by atoms with Gasteiger partial charge in [0.25, 0.3) is 0 Å². The Balaban J connectivity index is 0.000000385. The quantitative estimate of drug-likeness (QED) is 0.597. The smallest absolute Gasteiger partial charge is 0.416 e. The molecule has 1 aliphatic rings. The van der Waals surface area contributed by atoms with Gasteiger partial charge in [-0.2, -0.15) is 13.2 Å².